The van der Waals surface area contributed by atoms with Crippen LogP contribution in [0.2, 0.25) is 0 Å². The quantitative estimate of drug-likeness (QED) is 0.513. The molecule has 1 saturated heterocycles. The van der Waals surface area contributed by atoms with Crippen LogP contribution in [0.1, 0.15) is 6.92 Å². The number of morpholine rings is 1. The van der Waals surface area contributed by atoms with Crippen LogP contribution < -0.4 is 10.2 Å². The van der Waals surface area contributed by atoms with Crippen molar-refractivity contribution in [3.63, 3.8) is 0 Å². The van der Waals surface area contributed by atoms with Gasteiger partial charge in [0, 0.05) is 28.9 Å². The number of anilines is 2. The Morgan fingerprint density at radius 1 is 1.13 bits per heavy atom. The predicted octanol–water partition coefficient (Wildman–Crippen LogP) is 4.46. The van der Waals surface area contributed by atoms with Gasteiger partial charge in [-0.25, -0.2) is 0 Å². The van der Waals surface area contributed by atoms with E-state index >= 15 is 0 Å². The van der Waals surface area contributed by atoms with Crippen molar-refractivity contribution >= 4 is 45.0 Å². The van der Waals surface area contributed by atoms with E-state index in [0.717, 1.165) is 47.7 Å². The molecule has 1 N–H and O–H groups in total. The number of benzene rings is 2. The minimum Gasteiger partial charge on any atom is -0.411 e. The summed E-state index contributed by atoms with van der Waals surface area (Å²) in [5, 5.41) is 11.0. The van der Waals surface area contributed by atoms with Crippen LogP contribution in [0, 0.1) is 0 Å². The second kappa shape index (κ2) is 9.63. The Labute approximate surface area is 187 Å². The average molecular weight is 489 g/mol. The SMILES string of the molecule is C[C@H](Sc1nnc(-c2ccccc2Br)o1)C(=O)Nc1ccc(N2CCOCC2)cc1. The third-order valence-electron chi connectivity index (χ3n) is 4.67. The molecule has 156 valence electrons. The van der Waals surface area contributed by atoms with Crippen LogP contribution in [0.25, 0.3) is 11.5 Å². The zero-order valence-corrected chi connectivity index (χ0v) is 18.8. The van der Waals surface area contributed by atoms with Gasteiger partial charge in [-0.1, -0.05) is 23.9 Å². The van der Waals surface area contributed by atoms with Crippen LogP contribution >= 0.6 is 27.7 Å². The van der Waals surface area contributed by atoms with Crippen molar-refractivity contribution < 1.29 is 13.9 Å². The summed E-state index contributed by atoms with van der Waals surface area (Å²) in [5.41, 5.74) is 2.70. The van der Waals surface area contributed by atoms with Gasteiger partial charge in [-0.15, -0.1) is 10.2 Å². The largest absolute Gasteiger partial charge is 0.411 e. The van der Waals surface area contributed by atoms with Crippen molar-refractivity contribution in [1.82, 2.24) is 10.2 Å². The van der Waals surface area contributed by atoms with Crippen LogP contribution in [0.15, 0.2) is 62.6 Å². The molecule has 4 rings (SSSR count). The fourth-order valence-corrected chi connectivity index (χ4v) is 4.16. The van der Waals surface area contributed by atoms with Crippen molar-refractivity contribution in [3.05, 3.63) is 53.0 Å². The van der Waals surface area contributed by atoms with Gasteiger partial charge >= 0.3 is 0 Å². The van der Waals surface area contributed by atoms with Crippen LogP contribution in [-0.4, -0.2) is 47.7 Å². The van der Waals surface area contributed by atoms with Crippen molar-refractivity contribution in [1.29, 1.82) is 0 Å². The molecule has 1 amide bonds. The first-order chi connectivity index (χ1) is 14.6. The predicted molar refractivity (Wildman–Crippen MR) is 121 cm³/mol. The first-order valence-electron chi connectivity index (χ1n) is 9.59. The first-order valence-corrected chi connectivity index (χ1v) is 11.3. The molecule has 0 spiro atoms. The lowest BCUT2D eigenvalue weighted by Gasteiger charge is -2.28. The topological polar surface area (TPSA) is 80.5 Å². The molecule has 1 aliphatic heterocycles. The molecular weight excluding hydrogens is 468 g/mol. The van der Waals surface area contributed by atoms with E-state index in [1.54, 1.807) is 0 Å². The average Bonchev–Trinajstić information content (AvgIpc) is 3.23. The van der Waals surface area contributed by atoms with E-state index in [1.807, 2.05) is 55.5 Å². The first kappa shape index (κ1) is 20.9. The van der Waals surface area contributed by atoms with Gasteiger partial charge < -0.3 is 19.4 Å². The van der Waals surface area contributed by atoms with E-state index < -0.39 is 5.25 Å². The van der Waals surface area contributed by atoms with E-state index in [4.69, 9.17) is 9.15 Å². The lowest BCUT2D eigenvalue weighted by atomic mass is 10.2. The third kappa shape index (κ3) is 5.03. The summed E-state index contributed by atoms with van der Waals surface area (Å²) in [6, 6.07) is 15.5. The maximum Gasteiger partial charge on any atom is 0.277 e. The monoisotopic (exact) mass is 488 g/mol. The molecule has 1 aromatic heterocycles. The van der Waals surface area contributed by atoms with Gasteiger partial charge in [0.15, 0.2) is 0 Å². The van der Waals surface area contributed by atoms with Gasteiger partial charge in [-0.2, -0.15) is 0 Å². The van der Waals surface area contributed by atoms with Crippen molar-refractivity contribution in [2.45, 2.75) is 17.4 Å². The highest BCUT2D eigenvalue weighted by Crippen LogP contribution is 2.30. The number of amides is 1. The Morgan fingerprint density at radius 2 is 1.87 bits per heavy atom. The van der Waals surface area contributed by atoms with Crippen molar-refractivity contribution in [3.8, 4) is 11.5 Å². The fourth-order valence-electron chi connectivity index (χ4n) is 3.03. The van der Waals surface area contributed by atoms with E-state index in [-0.39, 0.29) is 5.91 Å². The number of ether oxygens (including phenoxy) is 1. The number of nitrogens with one attached hydrogen (secondary N) is 1. The number of thioether (sulfide) groups is 1. The Kier molecular flexibility index (Phi) is 6.71. The maximum absolute atomic E-state index is 12.6. The summed E-state index contributed by atoms with van der Waals surface area (Å²) in [7, 11) is 0. The minimum absolute atomic E-state index is 0.125. The molecule has 9 heteroatoms. The molecule has 3 aromatic rings. The zero-order valence-electron chi connectivity index (χ0n) is 16.4. The van der Waals surface area contributed by atoms with Crippen LogP contribution in [0.3, 0.4) is 0 Å². The van der Waals surface area contributed by atoms with Gasteiger partial charge in [-0.05, 0) is 59.3 Å². The van der Waals surface area contributed by atoms with Gasteiger partial charge in [-0.3, -0.25) is 4.79 Å². The summed E-state index contributed by atoms with van der Waals surface area (Å²) in [6.45, 7) is 5.05. The highest BCUT2D eigenvalue weighted by molar-refractivity contribution is 9.10. The van der Waals surface area contributed by atoms with Crippen LogP contribution in [-0.2, 0) is 9.53 Å². The Balaban J connectivity index is 1.34. The smallest absolute Gasteiger partial charge is 0.277 e. The highest BCUT2D eigenvalue weighted by Gasteiger charge is 2.20. The number of carbonyl (C=O) groups is 1. The highest BCUT2D eigenvalue weighted by atomic mass is 79.9. The number of halogens is 1. The van der Waals surface area contributed by atoms with Gasteiger partial charge in [0.25, 0.3) is 5.22 Å². The number of hydrogen-bond donors (Lipinski definition) is 1. The molecule has 0 radical (unpaired) electrons. The molecular formula is C21H21BrN4O3S. The van der Waals surface area contributed by atoms with Gasteiger partial charge in [0.2, 0.25) is 11.8 Å². The molecule has 7 nitrogen and oxygen atoms in total. The lowest BCUT2D eigenvalue weighted by molar-refractivity contribution is -0.115. The Bertz CT molecular complexity index is 1010. The zero-order chi connectivity index (χ0) is 20.9. The second-order valence-electron chi connectivity index (χ2n) is 6.75. The number of rotatable bonds is 6. The van der Waals surface area contributed by atoms with Gasteiger partial charge in [0.1, 0.15) is 0 Å². The summed E-state index contributed by atoms with van der Waals surface area (Å²) in [4.78, 5) is 14.8. The van der Waals surface area contributed by atoms with E-state index in [9.17, 15) is 4.79 Å². The molecule has 1 aliphatic rings. The molecule has 2 aromatic carbocycles. The van der Waals surface area contributed by atoms with E-state index in [1.165, 1.54) is 11.8 Å². The number of hydrogen-bond acceptors (Lipinski definition) is 7. The van der Waals surface area contributed by atoms with Crippen LogP contribution in [0.5, 0.6) is 0 Å². The van der Waals surface area contributed by atoms with E-state index in [2.05, 4.69) is 36.3 Å². The standard InChI is InChI=1S/C21H21BrN4O3S/c1-14(30-21-25-24-20(29-21)17-4-2-3-5-18(17)22)19(27)23-15-6-8-16(9-7-15)26-10-12-28-13-11-26/h2-9,14H,10-13H2,1H3,(H,23,27)/t14-/m0/s1. The molecule has 30 heavy (non-hydrogen) atoms. The summed E-state index contributed by atoms with van der Waals surface area (Å²) in [5.74, 6) is 0.288. The third-order valence-corrected chi connectivity index (χ3v) is 6.29. The number of carbonyl (C=O) groups excluding carboxylic acids is 1. The van der Waals surface area contributed by atoms with Crippen LogP contribution in [0.4, 0.5) is 11.4 Å². The Morgan fingerprint density at radius 3 is 2.60 bits per heavy atom. The number of nitrogens with zero attached hydrogens (tertiary/aromatic N) is 3. The van der Waals surface area contributed by atoms with E-state index in [0.29, 0.717) is 11.1 Å². The Hall–Kier alpha value is -2.36. The molecule has 2 heterocycles. The minimum atomic E-state index is -0.392. The van der Waals surface area contributed by atoms with Crippen molar-refractivity contribution in [2.75, 3.05) is 36.5 Å². The summed E-state index contributed by atoms with van der Waals surface area (Å²) >= 11 is 4.70. The molecule has 0 saturated carbocycles. The fraction of sp³-hybridized carbons (Fsp3) is 0.286. The number of aromatic nitrogens is 2. The van der Waals surface area contributed by atoms with Gasteiger partial charge in [0.05, 0.1) is 24.0 Å². The normalized spacial score (nSPS) is 15.1. The molecule has 1 fully saturated rings. The molecule has 1 atom stereocenters. The maximum atomic E-state index is 12.6. The molecule has 0 unspecified atom stereocenters. The molecule has 0 aliphatic carbocycles. The summed E-state index contributed by atoms with van der Waals surface area (Å²) in [6.07, 6.45) is 0. The van der Waals surface area contributed by atoms with Crippen molar-refractivity contribution in [2.24, 2.45) is 0 Å². The molecule has 0 bridgehead atoms. The second-order valence-corrected chi connectivity index (χ2v) is 8.89. The lowest BCUT2D eigenvalue weighted by Crippen LogP contribution is -2.36. The summed E-state index contributed by atoms with van der Waals surface area (Å²) < 4.78 is 12.0.